The lowest BCUT2D eigenvalue weighted by atomic mass is 10.0. The van der Waals surface area contributed by atoms with Crippen molar-refractivity contribution in [3.63, 3.8) is 0 Å². The molecule has 0 saturated carbocycles. The van der Waals surface area contributed by atoms with Crippen molar-refractivity contribution in [1.29, 1.82) is 0 Å². The monoisotopic (exact) mass is 487 g/mol. The maximum absolute atomic E-state index is 14.4. The Bertz CT molecular complexity index is 1110. The Balaban J connectivity index is 1.15. The minimum atomic E-state index is -1.13. The lowest BCUT2D eigenvalue weighted by Crippen LogP contribution is -2.47. The molecule has 1 saturated heterocycles. The van der Waals surface area contributed by atoms with Crippen LogP contribution in [0.15, 0.2) is 24.3 Å². The Morgan fingerprint density at radius 3 is 2.31 bits per heavy atom. The predicted molar refractivity (Wildman–Crippen MR) is 129 cm³/mol. The van der Waals surface area contributed by atoms with Crippen LogP contribution in [0, 0.1) is 24.4 Å². The standard InChI is InChI=1S/C27H32F3N3O2/c1-18-26(29)23(28)15-24(27(18)30)32-12-10-31(11-13-32)9-5-3-4-6-25(35)33-16-21-8-7-20(19(2)34)14-22(21)17-33/h7-8,14-15H,3-6,9-13,16-17H2,1-2H3. The number of piperazine rings is 1. The molecule has 4 rings (SSSR count). The third-order valence-electron chi connectivity index (χ3n) is 7.12. The van der Waals surface area contributed by atoms with E-state index in [-0.39, 0.29) is 22.9 Å². The van der Waals surface area contributed by atoms with Gasteiger partial charge in [-0.15, -0.1) is 0 Å². The van der Waals surface area contributed by atoms with Gasteiger partial charge in [-0.05, 0) is 50.4 Å². The summed E-state index contributed by atoms with van der Waals surface area (Å²) in [4.78, 5) is 30.1. The van der Waals surface area contributed by atoms with Crippen molar-refractivity contribution in [3.05, 3.63) is 64.0 Å². The van der Waals surface area contributed by atoms with Gasteiger partial charge in [0.05, 0.1) is 5.69 Å². The van der Waals surface area contributed by atoms with Crippen molar-refractivity contribution in [3.8, 4) is 0 Å². The lowest BCUT2D eigenvalue weighted by molar-refractivity contribution is -0.131. The quantitative estimate of drug-likeness (QED) is 0.304. The number of unbranched alkanes of at least 4 members (excludes halogenated alkanes) is 2. The van der Waals surface area contributed by atoms with Gasteiger partial charge >= 0.3 is 0 Å². The molecule has 2 aromatic rings. The van der Waals surface area contributed by atoms with Crippen LogP contribution < -0.4 is 4.90 Å². The van der Waals surface area contributed by atoms with Gasteiger partial charge in [-0.1, -0.05) is 18.6 Å². The number of rotatable bonds is 8. The summed E-state index contributed by atoms with van der Waals surface area (Å²) in [5.74, 6) is -2.66. The van der Waals surface area contributed by atoms with Gasteiger partial charge in [0.25, 0.3) is 0 Å². The number of Topliss-reactive ketones (excluding diaryl/α,β-unsaturated/α-hetero) is 1. The van der Waals surface area contributed by atoms with E-state index < -0.39 is 17.5 Å². The van der Waals surface area contributed by atoms with Gasteiger partial charge < -0.3 is 9.80 Å². The van der Waals surface area contributed by atoms with Crippen LogP contribution in [-0.4, -0.2) is 54.2 Å². The zero-order chi connectivity index (χ0) is 25.1. The first-order valence-electron chi connectivity index (χ1n) is 12.3. The molecule has 0 radical (unpaired) electrons. The molecule has 0 aromatic heterocycles. The van der Waals surface area contributed by atoms with Gasteiger partial charge in [0.1, 0.15) is 0 Å². The molecule has 0 atom stereocenters. The maximum atomic E-state index is 14.4. The fraction of sp³-hybridized carbons (Fsp3) is 0.481. The molecule has 2 aliphatic heterocycles. The van der Waals surface area contributed by atoms with Crippen LogP contribution in [0.3, 0.4) is 0 Å². The topological polar surface area (TPSA) is 43.9 Å². The summed E-state index contributed by atoms with van der Waals surface area (Å²) in [5.41, 5.74) is 2.70. The van der Waals surface area contributed by atoms with E-state index in [4.69, 9.17) is 0 Å². The van der Waals surface area contributed by atoms with Gasteiger partial charge in [-0.3, -0.25) is 14.5 Å². The maximum Gasteiger partial charge on any atom is 0.223 e. The Kier molecular flexibility index (Phi) is 7.79. The van der Waals surface area contributed by atoms with Crippen molar-refractivity contribution in [2.24, 2.45) is 0 Å². The SMILES string of the molecule is CC(=O)c1ccc2c(c1)CN(C(=O)CCCCCN1CCN(c3cc(F)c(F)c(C)c3F)CC1)C2. The van der Waals surface area contributed by atoms with E-state index in [1.165, 1.54) is 6.92 Å². The summed E-state index contributed by atoms with van der Waals surface area (Å²) in [5, 5.41) is 0. The average Bonchev–Trinajstić information content (AvgIpc) is 3.29. The third kappa shape index (κ3) is 5.69. The van der Waals surface area contributed by atoms with Crippen molar-refractivity contribution in [2.45, 2.75) is 52.6 Å². The predicted octanol–water partition coefficient (Wildman–Crippen LogP) is 4.84. The van der Waals surface area contributed by atoms with Crippen molar-refractivity contribution < 1.29 is 22.8 Å². The van der Waals surface area contributed by atoms with Crippen LogP contribution in [0.2, 0.25) is 0 Å². The molecular weight excluding hydrogens is 455 g/mol. The molecule has 2 aliphatic rings. The van der Waals surface area contributed by atoms with E-state index in [1.807, 2.05) is 23.1 Å². The number of carbonyl (C=O) groups is 2. The minimum Gasteiger partial charge on any atom is -0.367 e. The molecule has 0 bridgehead atoms. The highest BCUT2D eigenvalue weighted by Gasteiger charge is 2.25. The number of amides is 1. The fourth-order valence-corrected chi connectivity index (χ4v) is 4.89. The highest BCUT2D eigenvalue weighted by atomic mass is 19.2. The number of hydrogen-bond donors (Lipinski definition) is 0. The molecule has 0 aliphatic carbocycles. The number of fused-ring (bicyclic) bond motifs is 1. The zero-order valence-electron chi connectivity index (χ0n) is 20.4. The van der Waals surface area contributed by atoms with Crippen LogP contribution >= 0.6 is 0 Å². The Labute approximate surface area is 204 Å². The molecule has 1 amide bonds. The average molecular weight is 488 g/mol. The lowest BCUT2D eigenvalue weighted by Gasteiger charge is -2.36. The minimum absolute atomic E-state index is 0.0330. The third-order valence-corrected chi connectivity index (χ3v) is 7.12. The van der Waals surface area contributed by atoms with Gasteiger partial charge in [-0.2, -0.15) is 0 Å². The largest absolute Gasteiger partial charge is 0.367 e. The van der Waals surface area contributed by atoms with Crippen molar-refractivity contribution >= 4 is 17.4 Å². The second-order valence-electron chi connectivity index (χ2n) is 9.56. The van der Waals surface area contributed by atoms with Crippen LogP contribution in [0.4, 0.5) is 18.9 Å². The molecule has 5 nitrogen and oxygen atoms in total. The first-order valence-corrected chi connectivity index (χ1v) is 12.3. The summed E-state index contributed by atoms with van der Waals surface area (Å²) in [7, 11) is 0. The first-order chi connectivity index (χ1) is 16.7. The summed E-state index contributed by atoms with van der Waals surface area (Å²) < 4.78 is 41.7. The molecule has 35 heavy (non-hydrogen) atoms. The van der Waals surface area contributed by atoms with E-state index in [9.17, 15) is 22.8 Å². The number of anilines is 1. The Hall–Kier alpha value is -2.87. The highest BCUT2D eigenvalue weighted by molar-refractivity contribution is 5.94. The number of hydrogen-bond acceptors (Lipinski definition) is 4. The number of benzene rings is 2. The second-order valence-corrected chi connectivity index (χ2v) is 9.56. The van der Waals surface area contributed by atoms with Crippen LogP contribution in [0.25, 0.3) is 0 Å². The van der Waals surface area contributed by atoms with E-state index in [2.05, 4.69) is 4.90 Å². The number of halogens is 3. The molecule has 0 spiro atoms. The number of ketones is 1. The van der Waals surface area contributed by atoms with Crippen LogP contribution in [0.1, 0.15) is 59.7 Å². The normalized spacial score (nSPS) is 16.0. The van der Waals surface area contributed by atoms with Crippen molar-refractivity contribution in [2.75, 3.05) is 37.6 Å². The van der Waals surface area contributed by atoms with E-state index >= 15 is 0 Å². The number of nitrogens with zero attached hydrogens (tertiary/aromatic N) is 3. The highest BCUT2D eigenvalue weighted by Crippen LogP contribution is 2.28. The molecule has 0 unspecified atom stereocenters. The zero-order valence-corrected chi connectivity index (χ0v) is 20.4. The summed E-state index contributed by atoms with van der Waals surface area (Å²) in [6, 6.07) is 6.62. The summed E-state index contributed by atoms with van der Waals surface area (Å²) in [6.45, 7) is 7.44. The van der Waals surface area contributed by atoms with Gasteiger partial charge in [0, 0.05) is 62.9 Å². The molecule has 2 heterocycles. The fourth-order valence-electron chi connectivity index (χ4n) is 4.89. The summed E-state index contributed by atoms with van der Waals surface area (Å²) in [6.07, 6.45) is 3.24. The van der Waals surface area contributed by atoms with Crippen LogP contribution in [-0.2, 0) is 17.9 Å². The molecule has 1 fully saturated rings. The van der Waals surface area contributed by atoms with Gasteiger partial charge in [-0.25, -0.2) is 13.2 Å². The van der Waals surface area contributed by atoms with Gasteiger partial charge in [0.2, 0.25) is 5.91 Å². The molecule has 2 aromatic carbocycles. The smallest absolute Gasteiger partial charge is 0.223 e. The summed E-state index contributed by atoms with van der Waals surface area (Å²) >= 11 is 0. The molecule has 188 valence electrons. The van der Waals surface area contributed by atoms with E-state index in [0.29, 0.717) is 38.2 Å². The van der Waals surface area contributed by atoms with Crippen molar-refractivity contribution in [1.82, 2.24) is 9.80 Å². The number of carbonyl (C=O) groups excluding carboxylic acids is 2. The van der Waals surface area contributed by atoms with E-state index in [1.54, 1.807) is 11.8 Å². The van der Waals surface area contributed by atoms with E-state index in [0.717, 1.165) is 56.1 Å². The molecule has 0 N–H and O–H groups in total. The second kappa shape index (κ2) is 10.8. The van der Waals surface area contributed by atoms with Crippen LogP contribution in [0.5, 0.6) is 0 Å². The Morgan fingerprint density at radius 2 is 1.60 bits per heavy atom. The Morgan fingerprint density at radius 1 is 0.886 bits per heavy atom. The van der Waals surface area contributed by atoms with Gasteiger partial charge in [0.15, 0.2) is 23.2 Å². The molecular formula is C27H32F3N3O2. The first kappa shape index (κ1) is 25.2. The molecule has 8 heteroatoms.